The maximum absolute atomic E-state index is 14.5. The van der Waals surface area contributed by atoms with Crippen LogP contribution in [0, 0.1) is 35.1 Å². The molecule has 0 unspecified atom stereocenters. The highest BCUT2D eigenvalue weighted by Gasteiger charge is 2.23. The molecule has 30 heavy (non-hydrogen) atoms. The minimum absolute atomic E-state index is 0.0463. The standard InChI is InChI=1S/C24H18F4O2/c1-2-18-12-30-22(13-29-18)16-7-6-15(20(25)10-16)5-3-14-4-8-19-17(9-14)11-21(26)24(28)23(19)27/h4,6-11,18,22H,2,12-13H2,1H3/t18-,22-/m1/s1. The SMILES string of the molecule is CC[C@@H]1CO[C@@H](c2ccc(C#Cc3ccc4c(F)c(F)c(F)cc4c3)c(F)c2)CO1. The summed E-state index contributed by atoms with van der Waals surface area (Å²) in [4.78, 5) is 0. The third-order valence-electron chi connectivity index (χ3n) is 5.10. The number of halogens is 4. The van der Waals surface area contributed by atoms with Crippen LogP contribution in [0.4, 0.5) is 17.6 Å². The van der Waals surface area contributed by atoms with E-state index >= 15 is 0 Å². The van der Waals surface area contributed by atoms with Gasteiger partial charge < -0.3 is 9.47 Å². The Balaban J connectivity index is 1.56. The predicted octanol–water partition coefficient (Wildman–Crippen LogP) is 5.66. The molecule has 3 aromatic carbocycles. The van der Waals surface area contributed by atoms with E-state index in [4.69, 9.17) is 9.47 Å². The Bertz CT molecular complexity index is 1160. The van der Waals surface area contributed by atoms with E-state index in [1.165, 1.54) is 24.3 Å². The van der Waals surface area contributed by atoms with Gasteiger partial charge >= 0.3 is 0 Å². The maximum atomic E-state index is 14.5. The number of rotatable bonds is 2. The molecule has 4 rings (SSSR count). The molecule has 0 spiro atoms. The van der Waals surface area contributed by atoms with Gasteiger partial charge in [0.2, 0.25) is 0 Å². The quantitative estimate of drug-likeness (QED) is 0.306. The molecule has 1 heterocycles. The summed E-state index contributed by atoms with van der Waals surface area (Å²) in [5, 5.41) is 0.129. The van der Waals surface area contributed by atoms with E-state index in [2.05, 4.69) is 11.8 Å². The number of hydrogen-bond acceptors (Lipinski definition) is 2. The maximum Gasteiger partial charge on any atom is 0.195 e. The molecule has 6 heteroatoms. The largest absolute Gasteiger partial charge is 0.373 e. The van der Waals surface area contributed by atoms with Crippen molar-refractivity contribution in [2.75, 3.05) is 13.2 Å². The molecule has 0 radical (unpaired) electrons. The van der Waals surface area contributed by atoms with Crippen molar-refractivity contribution < 1.29 is 27.0 Å². The van der Waals surface area contributed by atoms with Gasteiger partial charge in [0.05, 0.1) is 24.9 Å². The molecule has 1 aliphatic rings. The number of fused-ring (bicyclic) bond motifs is 1. The first-order chi connectivity index (χ1) is 14.5. The van der Waals surface area contributed by atoms with Crippen LogP contribution < -0.4 is 0 Å². The van der Waals surface area contributed by atoms with Crippen LogP contribution in [0.1, 0.15) is 36.1 Å². The minimum atomic E-state index is -1.51. The molecule has 0 aliphatic carbocycles. The third kappa shape index (κ3) is 4.04. The van der Waals surface area contributed by atoms with Gasteiger partial charge in [0.15, 0.2) is 17.5 Å². The van der Waals surface area contributed by atoms with Crippen molar-refractivity contribution in [3.8, 4) is 11.8 Å². The second-order valence-corrected chi connectivity index (χ2v) is 7.10. The average Bonchev–Trinajstić information content (AvgIpc) is 2.76. The van der Waals surface area contributed by atoms with E-state index in [9.17, 15) is 17.6 Å². The molecular weight excluding hydrogens is 396 g/mol. The van der Waals surface area contributed by atoms with Crippen LogP contribution in [0.2, 0.25) is 0 Å². The van der Waals surface area contributed by atoms with Gasteiger partial charge in [-0.1, -0.05) is 30.9 Å². The lowest BCUT2D eigenvalue weighted by molar-refractivity contribution is -0.135. The summed E-state index contributed by atoms with van der Waals surface area (Å²) in [5.41, 5.74) is 1.27. The van der Waals surface area contributed by atoms with Gasteiger partial charge in [-0.15, -0.1) is 0 Å². The summed E-state index contributed by atoms with van der Waals surface area (Å²) >= 11 is 0. The van der Waals surface area contributed by atoms with Crippen LogP contribution in [-0.2, 0) is 9.47 Å². The highest BCUT2D eigenvalue weighted by Crippen LogP contribution is 2.26. The van der Waals surface area contributed by atoms with Crippen molar-refractivity contribution >= 4 is 10.8 Å². The smallest absolute Gasteiger partial charge is 0.195 e. The van der Waals surface area contributed by atoms with Crippen molar-refractivity contribution in [3.05, 3.63) is 82.4 Å². The molecule has 154 valence electrons. The zero-order valence-electron chi connectivity index (χ0n) is 16.1. The summed E-state index contributed by atoms with van der Waals surface area (Å²) in [6, 6.07) is 9.80. The van der Waals surface area contributed by atoms with Crippen LogP contribution in [0.25, 0.3) is 10.8 Å². The topological polar surface area (TPSA) is 18.5 Å². The molecule has 0 N–H and O–H groups in total. The van der Waals surface area contributed by atoms with Crippen LogP contribution in [0.3, 0.4) is 0 Å². The Hall–Kier alpha value is -2.88. The van der Waals surface area contributed by atoms with Crippen LogP contribution >= 0.6 is 0 Å². The molecule has 1 aliphatic heterocycles. The van der Waals surface area contributed by atoms with Crippen LogP contribution in [0.5, 0.6) is 0 Å². The number of benzene rings is 3. The van der Waals surface area contributed by atoms with Gasteiger partial charge in [-0.05, 0) is 47.7 Å². The molecule has 0 amide bonds. The van der Waals surface area contributed by atoms with Crippen LogP contribution in [0.15, 0.2) is 42.5 Å². The molecule has 0 saturated carbocycles. The van der Waals surface area contributed by atoms with Gasteiger partial charge in [-0.25, -0.2) is 17.6 Å². The van der Waals surface area contributed by atoms with Crippen molar-refractivity contribution in [2.24, 2.45) is 0 Å². The van der Waals surface area contributed by atoms with E-state index < -0.39 is 23.3 Å². The van der Waals surface area contributed by atoms with E-state index in [1.54, 1.807) is 12.1 Å². The summed E-state index contributed by atoms with van der Waals surface area (Å²) in [6.45, 7) is 2.85. The van der Waals surface area contributed by atoms with Crippen molar-refractivity contribution in [1.82, 2.24) is 0 Å². The second-order valence-electron chi connectivity index (χ2n) is 7.10. The molecule has 3 aromatic rings. The zero-order chi connectivity index (χ0) is 21.3. The lowest BCUT2D eigenvalue weighted by atomic mass is 10.0. The van der Waals surface area contributed by atoms with Crippen molar-refractivity contribution in [2.45, 2.75) is 25.6 Å². The normalized spacial score (nSPS) is 18.8. The predicted molar refractivity (Wildman–Crippen MR) is 105 cm³/mol. The van der Waals surface area contributed by atoms with Gasteiger partial charge in [0, 0.05) is 10.9 Å². The highest BCUT2D eigenvalue weighted by molar-refractivity contribution is 5.84. The van der Waals surface area contributed by atoms with Gasteiger partial charge in [-0.3, -0.25) is 0 Å². The lowest BCUT2D eigenvalue weighted by Gasteiger charge is -2.29. The molecule has 1 saturated heterocycles. The fraction of sp³-hybridized carbons (Fsp3) is 0.250. The number of ether oxygens (including phenoxy) is 2. The molecule has 1 fully saturated rings. The average molecular weight is 414 g/mol. The fourth-order valence-electron chi connectivity index (χ4n) is 3.33. The lowest BCUT2D eigenvalue weighted by Crippen LogP contribution is -2.30. The first-order valence-electron chi connectivity index (χ1n) is 9.58. The Morgan fingerprint density at radius 3 is 2.40 bits per heavy atom. The molecule has 0 bridgehead atoms. The summed E-state index contributed by atoms with van der Waals surface area (Å²) < 4.78 is 66.5. The van der Waals surface area contributed by atoms with E-state index in [0.717, 1.165) is 12.5 Å². The monoisotopic (exact) mass is 414 g/mol. The fourth-order valence-corrected chi connectivity index (χ4v) is 3.33. The van der Waals surface area contributed by atoms with Crippen LogP contribution in [-0.4, -0.2) is 19.3 Å². The van der Waals surface area contributed by atoms with E-state index in [-0.39, 0.29) is 28.5 Å². The highest BCUT2D eigenvalue weighted by atomic mass is 19.2. The summed E-state index contributed by atoms with van der Waals surface area (Å²) in [7, 11) is 0. The molecule has 2 nitrogen and oxygen atoms in total. The first kappa shape index (κ1) is 20.4. The zero-order valence-corrected chi connectivity index (χ0v) is 16.1. The Labute approximate surface area is 171 Å². The van der Waals surface area contributed by atoms with Gasteiger partial charge in [0.1, 0.15) is 11.9 Å². The molecule has 2 atom stereocenters. The van der Waals surface area contributed by atoms with Crippen molar-refractivity contribution in [1.29, 1.82) is 0 Å². The Morgan fingerprint density at radius 1 is 0.867 bits per heavy atom. The molecule has 0 aromatic heterocycles. The minimum Gasteiger partial charge on any atom is -0.373 e. The number of hydrogen-bond donors (Lipinski definition) is 0. The summed E-state index contributed by atoms with van der Waals surface area (Å²) in [5.74, 6) is 0.968. The van der Waals surface area contributed by atoms with Gasteiger partial charge in [-0.2, -0.15) is 0 Å². The third-order valence-corrected chi connectivity index (χ3v) is 5.10. The Kier molecular flexibility index (Phi) is 5.76. The van der Waals surface area contributed by atoms with Crippen molar-refractivity contribution in [3.63, 3.8) is 0 Å². The van der Waals surface area contributed by atoms with E-state index in [0.29, 0.717) is 24.3 Å². The first-order valence-corrected chi connectivity index (χ1v) is 9.58. The van der Waals surface area contributed by atoms with E-state index in [1.807, 2.05) is 6.92 Å². The van der Waals surface area contributed by atoms with Gasteiger partial charge in [0.25, 0.3) is 0 Å². The Morgan fingerprint density at radius 2 is 1.70 bits per heavy atom. The summed E-state index contributed by atoms with van der Waals surface area (Å²) in [6.07, 6.45) is 0.602. The second kappa shape index (κ2) is 8.47. The molecular formula is C24H18F4O2.